The minimum absolute atomic E-state index is 0.0140. The lowest BCUT2D eigenvalue weighted by molar-refractivity contribution is -0.383. The van der Waals surface area contributed by atoms with Gasteiger partial charge in [0, 0.05) is 15.7 Å². The summed E-state index contributed by atoms with van der Waals surface area (Å²) in [5.41, 5.74) is 1.54. The maximum atomic E-state index is 11.6. The van der Waals surface area contributed by atoms with Crippen molar-refractivity contribution < 1.29 is 4.92 Å². The first-order chi connectivity index (χ1) is 12.8. The summed E-state index contributed by atoms with van der Waals surface area (Å²) in [4.78, 5) is 19.0. The molecule has 0 amide bonds. The van der Waals surface area contributed by atoms with Crippen LogP contribution in [0, 0.1) is 17.0 Å². The van der Waals surface area contributed by atoms with Gasteiger partial charge in [-0.25, -0.2) is 9.97 Å². The number of aromatic nitrogens is 2. The Hall–Kier alpha value is -2.61. The second-order valence-corrected chi connectivity index (χ2v) is 6.77. The van der Waals surface area contributed by atoms with E-state index in [1.165, 1.54) is 12.4 Å². The fraction of sp³-hybridized carbons (Fsp3) is 0.0588. The Balaban J connectivity index is 1.99. The molecular weight excluding hydrogens is 413 g/mol. The lowest BCUT2D eigenvalue weighted by Gasteiger charge is -2.11. The lowest BCUT2D eigenvalue weighted by atomic mass is 10.2. The van der Waals surface area contributed by atoms with E-state index in [1.54, 1.807) is 30.3 Å². The third kappa shape index (κ3) is 4.39. The van der Waals surface area contributed by atoms with E-state index in [0.717, 1.165) is 5.56 Å². The van der Waals surface area contributed by atoms with E-state index in [2.05, 4.69) is 20.6 Å². The van der Waals surface area contributed by atoms with Crippen LogP contribution in [0.25, 0.3) is 0 Å². The SMILES string of the molecule is Cc1ccc(Nc2ncnc(Nc3ccc(Cl)cc3Cl)c2[N+](=O)[O-])cc1Cl. The van der Waals surface area contributed by atoms with Gasteiger partial charge in [-0.2, -0.15) is 0 Å². The van der Waals surface area contributed by atoms with E-state index >= 15 is 0 Å². The van der Waals surface area contributed by atoms with Gasteiger partial charge in [0.15, 0.2) is 0 Å². The van der Waals surface area contributed by atoms with Crippen molar-refractivity contribution in [2.45, 2.75) is 6.92 Å². The number of nitro groups is 1. The predicted molar refractivity (Wildman–Crippen MR) is 108 cm³/mol. The van der Waals surface area contributed by atoms with Gasteiger partial charge in [-0.15, -0.1) is 0 Å². The van der Waals surface area contributed by atoms with Gasteiger partial charge >= 0.3 is 5.69 Å². The molecule has 0 unspecified atom stereocenters. The van der Waals surface area contributed by atoms with Crippen molar-refractivity contribution in [3.05, 3.63) is 73.5 Å². The first-order valence-corrected chi connectivity index (χ1v) is 8.73. The molecular formula is C17H12Cl3N5O2. The van der Waals surface area contributed by atoms with Gasteiger partial charge in [0.25, 0.3) is 0 Å². The highest BCUT2D eigenvalue weighted by Crippen LogP contribution is 2.35. The van der Waals surface area contributed by atoms with Crippen LogP contribution >= 0.6 is 34.8 Å². The Labute approximate surface area is 169 Å². The van der Waals surface area contributed by atoms with Crippen LogP contribution in [0.1, 0.15) is 5.56 Å². The summed E-state index contributed by atoms with van der Waals surface area (Å²) in [6, 6.07) is 9.93. The molecule has 0 radical (unpaired) electrons. The topological polar surface area (TPSA) is 93.0 Å². The summed E-state index contributed by atoms with van der Waals surface area (Å²) < 4.78 is 0. The second kappa shape index (κ2) is 7.96. The van der Waals surface area contributed by atoms with Crippen LogP contribution < -0.4 is 10.6 Å². The number of rotatable bonds is 5. The van der Waals surface area contributed by atoms with E-state index in [9.17, 15) is 10.1 Å². The highest BCUT2D eigenvalue weighted by Gasteiger charge is 2.24. The zero-order valence-corrected chi connectivity index (χ0v) is 16.1. The van der Waals surface area contributed by atoms with E-state index in [4.69, 9.17) is 34.8 Å². The molecule has 0 bridgehead atoms. The van der Waals surface area contributed by atoms with Crippen LogP contribution in [-0.4, -0.2) is 14.9 Å². The molecule has 3 rings (SSSR count). The van der Waals surface area contributed by atoms with Crippen molar-refractivity contribution in [3.63, 3.8) is 0 Å². The Morgan fingerprint density at radius 2 is 1.67 bits per heavy atom. The lowest BCUT2D eigenvalue weighted by Crippen LogP contribution is -2.05. The molecule has 2 N–H and O–H groups in total. The minimum Gasteiger partial charge on any atom is -0.334 e. The predicted octanol–water partition coefficient (Wildman–Crippen LogP) is 6.14. The zero-order chi connectivity index (χ0) is 19.6. The summed E-state index contributed by atoms with van der Waals surface area (Å²) in [6.07, 6.45) is 1.21. The summed E-state index contributed by atoms with van der Waals surface area (Å²) in [5, 5.41) is 18.7. The van der Waals surface area contributed by atoms with Crippen LogP contribution in [0.2, 0.25) is 15.1 Å². The summed E-state index contributed by atoms with van der Waals surface area (Å²) >= 11 is 18.1. The molecule has 3 aromatic rings. The Morgan fingerprint density at radius 1 is 0.963 bits per heavy atom. The fourth-order valence-electron chi connectivity index (χ4n) is 2.26. The molecule has 0 fully saturated rings. The number of nitrogens with zero attached hydrogens (tertiary/aromatic N) is 3. The smallest absolute Gasteiger partial charge is 0.334 e. The van der Waals surface area contributed by atoms with Crippen molar-refractivity contribution in [2.75, 3.05) is 10.6 Å². The molecule has 0 spiro atoms. The number of nitrogens with one attached hydrogen (secondary N) is 2. The third-order valence-electron chi connectivity index (χ3n) is 3.62. The summed E-state index contributed by atoms with van der Waals surface area (Å²) in [6.45, 7) is 1.86. The molecule has 0 atom stereocenters. The van der Waals surface area contributed by atoms with Crippen molar-refractivity contribution in [3.8, 4) is 0 Å². The highest BCUT2D eigenvalue weighted by molar-refractivity contribution is 6.36. The van der Waals surface area contributed by atoms with Crippen molar-refractivity contribution in [1.29, 1.82) is 0 Å². The maximum Gasteiger partial charge on any atom is 0.353 e. The highest BCUT2D eigenvalue weighted by atomic mass is 35.5. The molecule has 27 heavy (non-hydrogen) atoms. The van der Waals surface area contributed by atoms with Crippen molar-refractivity contribution >= 4 is 63.5 Å². The first kappa shape index (κ1) is 19.2. The Bertz CT molecular complexity index is 1030. The van der Waals surface area contributed by atoms with Crippen LogP contribution in [-0.2, 0) is 0 Å². The van der Waals surface area contributed by atoms with Gasteiger partial charge in [0.2, 0.25) is 11.6 Å². The summed E-state index contributed by atoms with van der Waals surface area (Å²) in [5.74, 6) is 0.00226. The molecule has 10 heteroatoms. The number of hydrogen-bond acceptors (Lipinski definition) is 6. The molecule has 1 aromatic heterocycles. The van der Waals surface area contributed by atoms with Crippen LogP contribution in [0.3, 0.4) is 0 Å². The number of halogens is 3. The van der Waals surface area contributed by atoms with Gasteiger partial charge in [-0.05, 0) is 42.8 Å². The van der Waals surface area contributed by atoms with E-state index in [-0.39, 0.29) is 17.3 Å². The molecule has 0 aliphatic rings. The average molecular weight is 425 g/mol. The van der Waals surface area contributed by atoms with Gasteiger partial charge in [-0.3, -0.25) is 10.1 Å². The number of anilines is 4. The number of hydrogen-bond donors (Lipinski definition) is 2. The monoisotopic (exact) mass is 423 g/mol. The van der Waals surface area contributed by atoms with E-state index in [1.807, 2.05) is 6.92 Å². The third-order valence-corrected chi connectivity index (χ3v) is 4.58. The molecule has 0 aliphatic carbocycles. The number of benzene rings is 2. The zero-order valence-electron chi connectivity index (χ0n) is 13.8. The first-order valence-electron chi connectivity index (χ1n) is 7.60. The molecule has 1 heterocycles. The van der Waals surface area contributed by atoms with Crippen molar-refractivity contribution in [1.82, 2.24) is 9.97 Å². The molecule has 138 valence electrons. The molecule has 7 nitrogen and oxygen atoms in total. The maximum absolute atomic E-state index is 11.6. The summed E-state index contributed by atoms with van der Waals surface area (Å²) in [7, 11) is 0. The van der Waals surface area contributed by atoms with Gasteiger partial charge in [0.1, 0.15) is 6.33 Å². The number of aryl methyl sites for hydroxylation is 1. The van der Waals surface area contributed by atoms with Gasteiger partial charge < -0.3 is 10.6 Å². The fourth-order valence-corrected chi connectivity index (χ4v) is 2.90. The van der Waals surface area contributed by atoms with Gasteiger partial charge in [-0.1, -0.05) is 40.9 Å². The van der Waals surface area contributed by atoms with Gasteiger partial charge in [0.05, 0.1) is 15.6 Å². The van der Waals surface area contributed by atoms with Crippen LogP contribution in [0.15, 0.2) is 42.7 Å². The largest absolute Gasteiger partial charge is 0.353 e. The van der Waals surface area contributed by atoms with Crippen molar-refractivity contribution in [2.24, 2.45) is 0 Å². The molecule has 0 saturated carbocycles. The Morgan fingerprint density at radius 3 is 2.30 bits per heavy atom. The second-order valence-electron chi connectivity index (χ2n) is 5.51. The minimum atomic E-state index is -0.579. The molecule has 2 aromatic carbocycles. The molecule has 0 saturated heterocycles. The standard InChI is InChI=1S/C17H12Cl3N5O2/c1-9-2-4-11(7-12(9)19)23-16-15(25(26)27)17(22-8-21-16)24-14-5-3-10(18)6-13(14)20/h2-8H,1H3,(H2,21,22,23,24). The molecule has 0 aliphatic heterocycles. The quantitative estimate of drug-likeness (QED) is 0.377. The van der Waals surface area contributed by atoms with E-state index in [0.29, 0.717) is 26.4 Å². The normalized spacial score (nSPS) is 10.5. The average Bonchev–Trinajstić information content (AvgIpc) is 2.60. The van der Waals surface area contributed by atoms with Crippen LogP contribution in [0.4, 0.5) is 28.7 Å². The van der Waals surface area contributed by atoms with E-state index < -0.39 is 4.92 Å². The Kier molecular flexibility index (Phi) is 5.65. The van der Waals surface area contributed by atoms with Crippen LogP contribution in [0.5, 0.6) is 0 Å².